The number of hydrogen-bond acceptors (Lipinski definition) is 6. The Balaban J connectivity index is 0.929. The molecule has 218 valence electrons. The van der Waals surface area contributed by atoms with E-state index in [1.54, 1.807) is 0 Å². The zero-order valence-corrected chi connectivity index (χ0v) is 24.0. The van der Waals surface area contributed by atoms with Crippen LogP contribution in [0.1, 0.15) is 111 Å². The predicted molar refractivity (Wildman–Crippen MR) is 157 cm³/mol. The summed E-state index contributed by atoms with van der Waals surface area (Å²) >= 11 is 0. The lowest BCUT2D eigenvalue weighted by molar-refractivity contribution is 0.0224. The molecule has 2 aliphatic heterocycles. The van der Waals surface area contributed by atoms with Crippen molar-refractivity contribution in [1.82, 2.24) is 4.90 Å². The van der Waals surface area contributed by atoms with E-state index in [0.717, 1.165) is 86.1 Å². The third-order valence-electron chi connectivity index (χ3n) is 11.9. The molecular weight excluding hydrogens is 514 g/mol. The first-order valence-corrected chi connectivity index (χ1v) is 16.2. The molecule has 7 aliphatic rings. The number of allylic oxidation sites excluding steroid dienone is 1. The summed E-state index contributed by atoms with van der Waals surface area (Å²) < 4.78 is 6.56. The number of aliphatic hydroxyl groups is 1. The minimum Gasteiger partial charge on any atom is -0.512 e. The highest BCUT2D eigenvalue weighted by molar-refractivity contribution is 6.00. The van der Waals surface area contributed by atoms with E-state index in [2.05, 4.69) is 4.90 Å². The number of hydrogen-bond donors (Lipinski definition) is 3. The van der Waals surface area contributed by atoms with E-state index >= 15 is 0 Å². The fraction of sp³-hybridized carbons (Fsp3) is 0.676. The standard InChI is InChI=1S/C34H43N3O4/c35-30(20-6-8-34(9-7-20)10-11-34)27(32(38)21-4-5-21)18-41-28-16-25-13-24(28)17-37(25)29-15-22-12-23(33(39)40)14-26(31(22)36-29)19-2-1-3-19/h12,14,19-21,24-25,28,35,38H,1-11,13,15-18H2,(H,39,40)/b32-27-,35-30?/t24-,25-,28+/m0/s1. The van der Waals surface area contributed by atoms with Gasteiger partial charge in [0.25, 0.3) is 0 Å². The first-order chi connectivity index (χ1) is 19.9. The zero-order chi connectivity index (χ0) is 27.9. The fourth-order valence-corrected chi connectivity index (χ4v) is 8.60. The number of benzene rings is 1. The number of aliphatic hydroxyl groups excluding tert-OH is 1. The van der Waals surface area contributed by atoms with E-state index < -0.39 is 5.97 Å². The first kappa shape index (κ1) is 26.0. The molecular formula is C34H43N3O4. The number of amidine groups is 1. The average molecular weight is 558 g/mol. The van der Waals surface area contributed by atoms with Crippen molar-refractivity contribution in [3.8, 4) is 0 Å². The second kappa shape index (κ2) is 9.68. The van der Waals surface area contributed by atoms with Crippen LogP contribution in [0.4, 0.5) is 5.69 Å². The van der Waals surface area contributed by atoms with E-state index in [1.807, 2.05) is 12.1 Å². The van der Waals surface area contributed by atoms with Gasteiger partial charge in [0.05, 0.1) is 24.0 Å². The Labute approximate surface area is 242 Å². The topological polar surface area (TPSA) is 106 Å². The van der Waals surface area contributed by atoms with Gasteiger partial charge >= 0.3 is 5.97 Å². The molecule has 1 aromatic carbocycles. The number of ether oxygens (including phenoxy) is 1. The summed E-state index contributed by atoms with van der Waals surface area (Å²) in [6.07, 6.45) is 15.8. The zero-order valence-electron chi connectivity index (χ0n) is 24.0. The Hall–Kier alpha value is -2.67. The van der Waals surface area contributed by atoms with Gasteiger partial charge < -0.3 is 25.3 Å². The number of fused-ring (bicyclic) bond motifs is 3. The maximum atomic E-state index is 11.8. The van der Waals surface area contributed by atoms with Gasteiger partial charge in [-0.1, -0.05) is 6.42 Å². The van der Waals surface area contributed by atoms with E-state index in [1.165, 1.54) is 32.1 Å². The molecule has 0 radical (unpaired) electrons. The molecule has 1 spiro atoms. The van der Waals surface area contributed by atoms with Gasteiger partial charge in [-0.15, -0.1) is 0 Å². The van der Waals surface area contributed by atoms with Crippen molar-refractivity contribution in [1.29, 1.82) is 5.41 Å². The van der Waals surface area contributed by atoms with Crippen LogP contribution < -0.4 is 0 Å². The van der Waals surface area contributed by atoms with Crippen LogP contribution in [-0.4, -0.2) is 57.9 Å². The van der Waals surface area contributed by atoms with Crippen LogP contribution in [0, 0.1) is 28.6 Å². The van der Waals surface area contributed by atoms with Crippen molar-refractivity contribution in [2.75, 3.05) is 13.2 Å². The maximum absolute atomic E-state index is 11.8. The Morgan fingerprint density at radius 1 is 1.02 bits per heavy atom. The van der Waals surface area contributed by atoms with Crippen LogP contribution in [0.2, 0.25) is 0 Å². The van der Waals surface area contributed by atoms with E-state index in [4.69, 9.17) is 15.1 Å². The van der Waals surface area contributed by atoms with Gasteiger partial charge in [-0.05, 0) is 112 Å². The molecule has 5 aliphatic carbocycles. The highest BCUT2D eigenvalue weighted by atomic mass is 16.5. The van der Waals surface area contributed by atoms with Crippen molar-refractivity contribution in [2.45, 2.75) is 108 Å². The van der Waals surface area contributed by atoms with E-state index in [9.17, 15) is 15.0 Å². The maximum Gasteiger partial charge on any atom is 0.335 e. The summed E-state index contributed by atoms with van der Waals surface area (Å²) in [5, 5.41) is 29.9. The van der Waals surface area contributed by atoms with Crippen molar-refractivity contribution in [3.05, 3.63) is 40.2 Å². The molecule has 6 fully saturated rings. The number of carbonyl (C=O) groups is 1. The van der Waals surface area contributed by atoms with Crippen LogP contribution >= 0.6 is 0 Å². The summed E-state index contributed by atoms with van der Waals surface area (Å²) in [6.45, 7) is 1.29. The summed E-state index contributed by atoms with van der Waals surface area (Å²) in [5.74, 6) is 2.04. The Bertz CT molecular complexity index is 1340. The highest BCUT2D eigenvalue weighted by Gasteiger charge is 2.48. The third kappa shape index (κ3) is 4.63. The molecule has 0 unspecified atom stereocenters. The largest absolute Gasteiger partial charge is 0.512 e. The number of nitrogens with one attached hydrogen (secondary N) is 1. The number of carboxylic acid groups (broad SMARTS) is 1. The van der Waals surface area contributed by atoms with Gasteiger partial charge in [-0.25, -0.2) is 9.79 Å². The molecule has 1 aromatic rings. The first-order valence-electron chi connectivity index (χ1n) is 16.2. The molecule has 3 N–H and O–H groups in total. The number of aromatic carboxylic acids is 1. The fourth-order valence-electron chi connectivity index (χ4n) is 8.60. The van der Waals surface area contributed by atoms with Gasteiger partial charge in [0.15, 0.2) is 0 Å². The molecule has 7 heteroatoms. The number of piperidine rings is 1. The molecule has 5 saturated carbocycles. The summed E-state index contributed by atoms with van der Waals surface area (Å²) in [7, 11) is 0. The molecule has 3 atom stereocenters. The predicted octanol–water partition coefficient (Wildman–Crippen LogP) is 6.93. The second-order valence-corrected chi connectivity index (χ2v) is 14.4. The number of carboxylic acids is 1. The minimum atomic E-state index is -0.855. The van der Waals surface area contributed by atoms with Crippen LogP contribution in [0.3, 0.4) is 0 Å². The molecule has 0 amide bonds. The summed E-state index contributed by atoms with van der Waals surface area (Å²) in [6, 6.07) is 4.10. The van der Waals surface area contributed by atoms with Gasteiger partial charge in [0.2, 0.25) is 0 Å². The molecule has 2 bridgehead atoms. The van der Waals surface area contributed by atoms with E-state index in [-0.39, 0.29) is 17.9 Å². The number of rotatable bonds is 8. The van der Waals surface area contributed by atoms with Gasteiger partial charge in [0, 0.05) is 48.0 Å². The summed E-state index contributed by atoms with van der Waals surface area (Å²) in [4.78, 5) is 19.4. The van der Waals surface area contributed by atoms with Crippen molar-refractivity contribution < 1.29 is 19.7 Å². The molecule has 1 saturated heterocycles. The smallest absolute Gasteiger partial charge is 0.335 e. The highest BCUT2D eigenvalue weighted by Crippen LogP contribution is 2.57. The number of aliphatic imine (C=N–C) groups is 1. The summed E-state index contributed by atoms with van der Waals surface area (Å²) in [5.41, 5.74) is 5.67. The molecule has 0 aromatic heterocycles. The van der Waals surface area contributed by atoms with Crippen LogP contribution in [0.15, 0.2) is 28.5 Å². The quantitative estimate of drug-likeness (QED) is 0.237. The molecule has 8 rings (SSSR count). The second-order valence-electron chi connectivity index (χ2n) is 14.4. The van der Waals surface area contributed by atoms with Crippen molar-refractivity contribution in [2.24, 2.45) is 28.2 Å². The Kier molecular flexibility index (Phi) is 6.14. The number of likely N-dealkylation sites (tertiary alicyclic amines) is 1. The molecule has 41 heavy (non-hydrogen) atoms. The average Bonchev–Trinajstić information content (AvgIpc) is 3.79. The molecule has 7 nitrogen and oxygen atoms in total. The van der Waals surface area contributed by atoms with Gasteiger partial charge in [0.1, 0.15) is 11.6 Å². The van der Waals surface area contributed by atoms with Crippen molar-refractivity contribution >= 4 is 23.2 Å². The monoisotopic (exact) mass is 557 g/mol. The lowest BCUT2D eigenvalue weighted by Crippen LogP contribution is -2.42. The van der Waals surface area contributed by atoms with Gasteiger partial charge in [-0.3, -0.25) is 0 Å². The third-order valence-corrected chi connectivity index (χ3v) is 11.9. The number of nitrogens with zero attached hydrogens (tertiary/aromatic N) is 2. The van der Waals surface area contributed by atoms with Gasteiger partial charge in [-0.2, -0.15) is 0 Å². The lowest BCUT2D eigenvalue weighted by atomic mass is 9.76. The normalized spacial score (nSPS) is 30.7. The Morgan fingerprint density at radius 2 is 1.80 bits per heavy atom. The van der Waals surface area contributed by atoms with Crippen LogP contribution in [0.5, 0.6) is 0 Å². The minimum absolute atomic E-state index is 0.153. The van der Waals surface area contributed by atoms with Crippen molar-refractivity contribution in [3.63, 3.8) is 0 Å². The lowest BCUT2D eigenvalue weighted by Gasteiger charge is -2.34. The Morgan fingerprint density at radius 3 is 2.41 bits per heavy atom. The molecule has 2 heterocycles. The van der Waals surface area contributed by atoms with Crippen LogP contribution in [-0.2, 0) is 11.2 Å². The van der Waals surface area contributed by atoms with E-state index in [0.29, 0.717) is 53.4 Å². The SMILES string of the molecule is N=C(/C(CO[C@@H]1C[C@@H]2C[C@H]1CN2C1=Nc2c(cc(C(=O)O)cc2C2CCC2)C1)=C(\O)C1CC1)C1CCC2(CC1)CC2. The van der Waals surface area contributed by atoms with Crippen LogP contribution in [0.25, 0.3) is 0 Å².